The first kappa shape index (κ1) is 17.7. The summed E-state index contributed by atoms with van der Waals surface area (Å²) in [5.41, 5.74) is 0. The third kappa shape index (κ3) is 7.28. The van der Waals surface area contributed by atoms with Gasteiger partial charge in [-0.25, -0.2) is 0 Å². The lowest BCUT2D eigenvalue weighted by atomic mass is 10.2. The largest absolute Gasteiger partial charge is 0.405 e. The lowest BCUT2D eigenvalue weighted by Crippen LogP contribution is -2.46. The average Bonchev–Trinajstić information content (AvgIpc) is 2.44. The maximum absolute atomic E-state index is 11.9. The molecule has 0 saturated carbocycles. The summed E-state index contributed by atoms with van der Waals surface area (Å²) in [5.74, 6) is -0.806. The molecule has 0 spiro atoms. The Morgan fingerprint density at radius 1 is 1.29 bits per heavy atom. The number of halogens is 3. The van der Waals surface area contributed by atoms with E-state index in [1.807, 2.05) is 0 Å². The van der Waals surface area contributed by atoms with E-state index in [0.29, 0.717) is 26.3 Å². The van der Waals surface area contributed by atoms with E-state index in [1.54, 1.807) is 10.2 Å². The Kier molecular flexibility index (Phi) is 6.90. The van der Waals surface area contributed by atoms with Gasteiger partial charge >= 0.3 is 6.18 Å². The molecule has 2 amide bonds. The molecule has 1 saturated heterocycles. The number of hydrogen-bond acceptors (Lipinski definition) is 4. The standard InChI is InChI=1S/C12H20F3N3O3/c1-9(11(20)17-8-12(13,14)15)16-3-2-10(19)18-4-6-21-7-5-18/h9,16H,2-8H2,1H3,(H,17,20). The molecule has 1 unspecified atom stereocenters. The van der Waals surface area contributed by atoms with Crippen molar-refractivity contribution in [1.29, 1.82) is 0 Å². The third-order valence-electron chi connectivity index (χ3n) is 3.01. The highest BCUT2D eigenvalue weighted by Gasteiger charge is 2.28. The quantitative estimate of drug-likeness (QED) is 0.718. The molecule has 1 rings (SSSR count). The second kappa shape index (κ2) is 8.18. The molecule has 1 fully saturated rings. The van der Waals surface area contributed by atoms with Gasteiger partial charge in [-0.05, 0) is 6.92 Å². The molecule has 1 aliphatic rings. The van der Waals surface area contributed by atoms with E-state index in [-0.39, 0.29) is 18.9 Å². The van der Waals surface area contributed by atoms with Crippen molar-refractivity contribution >= 4 is 11.8 Å². The molecule has 0 aromatic heterocycles. The lowest BCUT2D eigenvalue weighted by Gasteiger charge is -2.27. The first-order valence-corrected chi connectivity index (χ1v) is 6.73. The number of amides is 2. The zero-order valence-corrected chi connectivity index (χ0v) is 11.8. The molecule has 1 aliphatic heterocycles. The van der Waals surface area contributed by atoms with E-state index >= 15 is 0 Å². The number of alkyl halides is 3. The predicted molar refractivity (Wildman–Crippen MR) is 68.5 cm³/mol. The summed E-state index contributed by atoms with van der Waals surface area (Å²) in [6.45, 7) is 2.43. The van der Waals surface area contributed by atoms with Crippen molar-refractivity contribution in [2.75, 3.05) is 39.4 Å². The van der Waals surface area contributed by atoms with Gasteiger partial charge in [-0.3, -0.25) is 9.59 Å². The van der Waals surface area contributed by atoms with Gasteiger partial charge in [-0.1, -0.05) is 0 Å². The summed E-state index contributed by atoms with van der Waals surface area (Å²) in [6.07, 6.45) is -4.24. The van der Waals surface area contributed by atoms with Crippen molar-refractivity contribution in [2.45, 2.75) is 25.6 Å². The Morgan fingerprint density at radius 2 is 1.90 bits per heavy atom. The number of carbonyl (C=O) groups is 2. The van der Waals surface area contributed by atoms with Crippen molar-refractivity contribution in [1.82, 2.24) is 15.5 Å². The normalized spacial score (nSPS) is 17.4. The number of nitrogens with zero attached hydrogens (tertiary/aromatic N) is 1. The molecule has 1 atom stereocenters. The summed E-state index contributed by atoms with van der Waals surface area (Å²) < 4.78 is 41.0. The molecule has 1 heterocycles. The highest BCUT2D eigenvalue weighted by atomic mass is 19.4. The Morgan fingerprint density at radius 3 is 2.48 bits per heavy atom. The number of carbonyl (C=O) groups excluding carboxylic acids is 2. The van der Waals surface area contributed by atoms with Gasteiger partial charge in [0.25, 0.3) is 0 Å². The Labute approximate surface area is 121 Å². The van der Waals surface area contributed by atoms with Crippen LogP contribution in [-0.4, -0.2) is 68.3 Å². The van der Waals surface area contributed by atoms with E-state index in [2.05, 4.69) is 5.32 Å². The van der Waals surface area contributed by atoms with E-state index in [0.717, 1.165) is 0 Å². The molecular weight excluding hydrogens is 291 g/mol. The summed E-state index contributed by atoms with van der Waals surface area (Å²) in [4.78, 5) is 24.8. The summed E-state index contributed by atoms with van der Waals surface area (Å²) >= 11 is 0. The molecular formula is C12H20F3N3O3. The fourth-order valence-electron chi connectivity index (χ4n) is 1.80. The molecule has 2 N–H and O–H groups in total. The Bertz CT molecular complexity index is 357. The second-order valence-electron chi connectivity index (χ2n) is 4.75. The number of rotatable bonds is 6. The Balaban J connectivity index is 2.18. The van der Waals surface area contributed by atoms with Crippen molar-refractivity contribution in [3.8, 4) is 0 Å². The predicted octanol–water partition coefficient (Wildman–Crippen LogP) is -0.108. The van der Waals surface area contributed by atoms with E-state index in [4.69, 9.17) is 4.74 Å². The summed E-state index contributed by atoms with van der Waals surface area (Å²) in [7, 11) is 0. The number of ether oxygens (including phenoxy) is 1. The number of nitrogens with one attached hydrogen (secondary N) is 2. The van der Waals surface area contributed by atoms with Crippen LogP contribution in [0.15, 0.2) is 0 Å². The van der Waals surface area contributed by atoms with Gasteiger partial charge in [0.2, 0.25) is 11.8 Å². The number of morpholine rings is 1. The highest BCUT2D eigenvalue weighted by molar-refractivity contribution is 5.81. The number of hydrogen-bond donors (Lipinski definition) is 2. The summed E-state index contributed by atoms with van der Waals surface area (Å²) in [6, 6.07) is -0.787. The van der Waals surface area contributed by atoms with Crippen LogP contribution in [0.3, 0.4) is 0 Å². The zero-order chi connectivity index (χ0) is 15.9. The average molecular weight is 311 g/mol. The molecule has 9 heteroatoms. The van der Waals surface area contributed by atoms with Crippen LogP contribution in [0.1, 0.15) is 13.3 Å². The van der Waals surface area contributed by atoms with Crippen molar-refractivity contribution in [3.63, 3.8) is 0 Å². The highest BCUT2D eigenvalue weighted by Crippen LogP contribution is 2.12. The first-order valence-electron chi connectivity index (χ1n) is 6.73. The van der Waals surface area contributed by atoms with E-state index in [9.17, 15) is 22.8 Å². The van der Waals surface area contributed by atoms with Crippen molar-refractivity contribution in [3.05, 3.63) is 0 Å². The SMILES string of the molecule is CC(NCCC(=O)N1CCOCC1)C(=O)NCC(F)(F)F. The van der Waals surface area contributed by atoms with E-state index in [1.165, 1.54) is 6.92 Å². The molecule has 6 nitrogen and oxygen atoms in total. The smallest absolute Gasteiger partial charge is 0.378 e. The van der Waals surface area contributed by atoms with Gasteiger partial charge in [0.15, 0.2) is 0 Å². The maximum Gasteiger partial charge on any atom is 0.405 e. The molecule has 122 valence electrons. The lowest BCUT2D eigenvalue weighted by molar-refractivity contribution is -0.139. The van der Waals surface area contributed by atoms with Gasteiger partial charge in [-0.2, -0.15) is 13.2 Å². The van der Waals surface area contributed by atoms with E-state index < -0.39 is 24.7 Å². The van der Waals surface area contributed by atoms with Crippen LogP contribution < -0.4 is 10.6 Å². The topological polar surface area (TPSA) is 70.7 Å². The first-order chi connectivity index (χ1) is 9.79. The minimum atomic E-state index is -4.43. The van der Waals surface area contributed by atoms with Gasteiger partial charge in [0.05, 0.1) is 19.3 Å². The van der Waals surface area contributed by atoms with Gasteiger partial charge in [-0.15, -0.1) is 0 Å². The monoisotopic (exact) mass is 311 g/mol. The van der Waals surface area contributed by atoms with Crippen LogP contribution in [0, 0.1) is 0 Å². The van der Waals surface area contributed by atoms with Crippen LogP contribution in [0.5, 0.6) is 0 Å². The van der Waals surface area contributed by atoms with Crippen LogP contribution in [0.2, 0.25) is 0 Å². The van der Waals surface area contributed by atoms with Gasteiger partial charge in [0.1, 0.15) is 6.54 Å². The maximum atomic E-state index is 11.9. The zero-order valence-electron chi connectivity index (χ0n) is 11.8. The molecule has 0 aliphatic carbocycles. The van der Waals surface area contributed by atoms with Crippen LogP contribution in [0.4, 0.5) is 13.2 Å². The Hall–Kier alpha value is -1.35. The van der Waals surface area contributed by atoms with Crippen LogP contribution in [-0.2, 0) is 14.3 Å². The van der Waals surface area contributed by atoms with Crippen molar-refractivity contribution in [2.24, 2.45) is 0 Å². The fourth-order valence-corrected chi connectivity index (χ4v) is 1.80. The van der Waals surface area contributed by atoms with Gasteiger partial charge in [0, 0.05) is 26.1 Å². The molecule has 0 radical (unpaired) electrons. The van der Waals surface area contributed by atoms with Crippen LogP contribution >= 0.6 is 0 Å². The van der Waals surface area contributed by atoms with Crippen LogP contribution in [0.25, 0.3) is 0 Å². The fraction of sp³-hybridized carbons (Fsp3) is 0.833. The molecule has 0 bridgehead atoms. The minimum absolute atomic E-state index is 0.0614. The second-order valence-corrected chi connectivity index (χ2v) is 4.75. The third-order valence-corrected chi connectivity index (χ3v) is 3.01. The molecule has 0 aromatic carbocycles. The minimum Gasteiger partial charge on any atom is -0.378 e. The van der Waals surface area contributed by atoms with Crippen molar-refractivity contribution < 1.29 is 27.5 Å². The molecule has 0 aromatic rings. The molecule has 21 heavy (non-hydrogen) atoms. The van der Waals surface area contributed by atoms with Gasteiger partial charge < -0.3 is 20.3 Å². The summed E-state index contributed by atoms with van der Waals surface area (Å²) in [5, 5.41) is 4.52.